The van der Waals surface area contributed by atoms with E-state index in [1.165, 1.54) is 6.42 Å². The summed E-state index contributed by atoms with van der Waals surface area (Å²) in [5.41, 5.74) is -0.726. The fourth-order valence-corrected chi connectivity index (χ4v) is 3.65. The third-order valence-electron chi connectivity index (χ3n) is 4.88. The molecule has 3 heteroatoms. The van der Waals surface area contributed by atoms with Crippen molar-refractivity contribution in [1.29, 1.82) is 0 Å². The molecule has 0 amide bonds. The number of hydrogen-bond donors (Lipinski definition) is 1. The highest BCUT2D eigenvalue weighted by Crippen LogP contribution is 2.45. The second-order valence-electron chi connectivity index (χ2n) is 6.86. The van der Waals surface area contributed by atoms with Crippen LogP contribution in [0.4, 0.5) is 0 Å². The fraction of sp³-hybridized carbons (Fsp3) is 0.824. The number of rotatable bonds is 6. The Hall–Kier alpha value is -0.830. The van der Waals surface area contributed by atoms with Crippen LogP contribution < -0.4 is 0 Å². The first kappa shape index (κ1) is 15.6. The summed E-state index contributed by atoms with van der Waals surface area (Å²) in [6.07, 6.45) is 9.91. The van der Waals surface area contributed by atoms with Gasteiger partial charge in [-0.05, 0) is 31.6 Å². The van der Waals surface area contributed by atoms with Gasteiger partial charge in [-0.15, -0.1) is 0 Å². The van der Waals surface area contributed by atoms with Gasteiger partial charge >= 0.3 is 5.97 Å². The van der Waals surface area contributed by atoms with Crippen LogP contribution in [-0.4, -0.2) is 22.8 Å². The Bertz CT molecular complexity index is 372. The van der Waals surface area contributed by atoms with Gasteiger partial charge in [0, 0.05) is 5.92 Å². The van der Waals surface area contributed by atoms with Crippen molar-refractivity contribution < 1.29 is 14.6 Å². The Kier molecular flexibility index (Phi) is 4.90. The van der Waals surface area contributed by atoms with E-state index in [2.05, 4.69) is 19.9 Å². The third kappa shape index (κ3) is 3.63. The van der Waals surface area contributed by atoms with E-state index < -0.39 is 5.60 Å². The van der Waals surface area contributed by atoms with E-state index in [1.54, 1.807) is 0 Å². The summed E-state index contributed by atoms with van der Waals surface area (Å²) in [5.74, 6) is 1.16. The van der Waals surface area contributed by atoms with E-state index >= 15 is 0 Å². The van der Waals surface area contributed by atoms with E-state index in [0.29, 0.717) is 24.2 Å². The number of carbonyl (C=O) groups is 1. The lowest BCUT2D eigenvalue weighted by Crippen LogP contribution is -2.22. The number of ether oxygens (including phenoxy) is 1. The van der Waals surface area contributed by atoms with E-state index in [0.717, 1.165) is 25.7 Å². The molecular formula is C17H28O3. The van der Waals surface area contributed by atoms with Crippen molar-refractivity contribution in [2.45, 2.75) is 71.0 Å². The molecule has 0 aromatic heterocycles. The highest BCUT2D eigenvalue weighted by atomic mass is 16.6. The minimum Gasteiger partial charge on any atom is -0.462 e. The largest absolute Gasteiger partial charge is 0.462 e. The molecule has 2 aliphatic rings. The molecular weight excluding hydrogens is 252 g/mol. The summed E-state index contributed by atoms with van der Waals surface area (Å²) in [4.78, 5) is 11.4. The number of esters is 1. The van der Waals surface area contributed by atoms with Gasteiger partial charge in [-0.2, -0.15) is 0 Å². The molecule has 0 radical (unpaired) electrons. The lowest BCUT2D eigenvalue weighted by molar-refractivity contribution is -0.141. The molecule has 114 valence electrons. The minimum absolute atomic E-state index is 0.0556. The normalized spacial score (nSPS) is 36.1. The first-order valence-corrected chi connectivity index (χ1v) is 8.04. The quantitative estimate of drug-likeness (QED) is 0.460. The summed E-state index contributed by atoms with van der Waals surface area (Å²) in [7, 11) is 0. The molecule has 0 aromatic rings. The third-order valence-corrected chi connectivity index (χ3v) is 4.88. The van der Waals surface area contributed by atoms with Crippen molar-refractivity contribution in [2.75, 3.05) is 0 Å². The number of unbranched alkanes of at least 4 members (excludes halogenated alkanes) is 2. The van der Waals surface area contributed by atoms with Crippen molar-refractivity contribution in [1.82, 2.24) is 0 Å². The van der Waals surface area contributed by atoms with Crippen LogP contribution in [0.3, 0.4) is 0 Å². The number of hydrogen-bond acceptors (Lipinski definition) is 3. The van der Waals surface area contributed by atoms with Gasteiger partial charge in [0.15, 0.2) is 0 Å². The predicted molar refractivity (Wildman–Crippen MR) is 79.2 cm³/mol. The summed E-state index contributed by atoms with van der Waals surface area (Å²) in [6, 6.07) is 0. The maximum atomic E-state index is 11.4. The number of carbonyl (C=O) groups excluding carboxylic acids is 1. The number of allylic oxidation sites excluding steroid dienone is 1. The van der Waals surface area contributed by atoms with E-state index in [4.69, 9.17) is 4.74 Å². The van der Waals surface area contributed by atoms with Crippen molar-refractivity contribution in [3.8, 4) is 0 Å². The van der Waals surface area contributed by atoms with Crippen molar-refractivity contribution >= 4 is 5.97 Å². The SMILES string of the molecule is CCCCCC(C)(O)/C=C/[C@@H]1C2CC(=O)O[C@H]2C[C@H]1C. The molecule has 1 aliphatic heterocycles. The summed E-state index contributed by atoms with van der Waals surface area (Å²) in [6.45, 7) is 6.27. The summed E-state index contributed by atoms with van der Waals surface area (Å²) < 4.78 is 5.36. The van der Waals surface area contributed by atoms with Gasteiger partial charge in [0.25, 0.3) is 0 Å². The average Bonchev–Trinajstić information content (AvgIpc) is 2.82. The lowest BCUT2D eigenvalue weighted by Gasteiger charge is -2.21. The van der Waals surface area contributed by atoms with Crippen LogP contribution in [0.1, 0.15) is 59.3 Å². The molecule has 2 rings (SSSR count). The Balaban J connectivity index is 1.94. The molecule has 1 aliphatic carbocycles. The number of fused-ring (bicyclic) bond motifs is 1. The maximum absolute atomic E-state index is 11.4. The first-order chi connectivity index (χ1) is 9.43. The molecule has 3 nitrogen and oxygen atoms in total. The van der Waals surface area contributed by atoms with Crippen LogP contribution in [0, 0.1) is 17.8 Å². The summed E-state index contributed by atoms with van der Waals surface area (Å²) in [5, 5.41) is 10.4. The van der Waals surface area contributed by atoms with Crippen LogP contribution in [0.15, 0.2) is 12.2 Å². The van der Waals surface area contributed by atoms with Crippen LogP contribution in [-0.2, 0) is 9.53 Å². The van der Waals surface area contributed by atoms with Crippen LogP contribution in [0.5, 0.6) is 0 Å². The second-order valence-corrected chi connectivity index (χ2v) is 6.86. The highest BCUT2D eigenvalue weighted by Gasteiger charge is 2.47. The fourth-order valence-electron chi connectivity index (χ4n) is 3.65. The smallest absolute Gasteiger partial charge is 0.306 e. The zero-order valence-corrected chi connectivity index (χ0v) is 13.0. The van der Waals surface area contributed by atoms with Crippen molar-refractivity contribution in [3.63, 3.8) is 0 Å². The molecule has 2 fully saturated rings. The molecule has 5 atom stereocenters. The minimum atomic E-state index is -0.726. The second kappa shape index (κ2) is 6.30. The highest BCUT2D eigenvalue weighted by molar-refractivity contribution is 5.72. The number of aliphatic hydroxyl groups is 1. The van der Waals surface area contributed by atoms with Gasteiger partial charge in [0.05, 0.1) is 12.0 Å². The van der Waals surface area contributed by atoms with Crippen LogP contribution >= 0.6 is 0 Å². The standard InChI is InChI=1S/C17H28O3/c1-4-5-6-8-17(3,19)9-7-13-12(2)10-15-14(13)11-16(18)20-15/h7,9,12-15,19H,4-6,8,10-11H2,1-3H3/b9-7+/t12-,13+,14?,15+,17?/m1/s1. The Morgan fingerprint density at radius 1 is 1.45 bits per heavy atom. The topological polar surface area (TPSA) is 46.5 Å². The molecule has 1 saturated carbocycles. The Morgan fingerprint density at radius 2 is 2.20 bits per heavy atom. The van der Waals surface area contributed by atoms with E-state index in [1.807, 2.05) is 13.0 Å². The summed E-state index contributed by atoms with van der Waals surface area (Å²) >= 11 is 0. The van der Waals surface area contributed by atoms with E-state index in [-0.39, 0.29) is 12.1 Å². The van der Waals surface area contributed by atoms with Crippen LogP contribution in [0.25, 0.3) is 0 Å². The molecule has 1 saturated heterocycles. The van der Waals surface area contributed by atoms with Gasteiger partial charge in [-0.3, -0.25) is 4.79 Å². The molecule has 0 bridgehead atoms. The molecule has 20 heavy (non-hydrogen) atoms. The molecule has 2 unspecified atom stereocenters. The van der Waals surface area contributed by atoms with E-state index in [9.17, 15) is 9.90 Å². The predicted octanol–water partition coefficient (Wildman–Crippen LogP) is 3.46. The molecule has 1 N–H and O–H groups in total. The van der Waals surface area contributed by atoms with Crippen LogP contribution in [0.2, 0.25) is 0 Å². The van der Waals surface area contributed by atoms with Gasteiger partial charge in [-0.25, -0.2) is 0 Å². The van der Waals surface area contributed by atoms with Gasteiger partial charge in [-0.1, -0.05) is 45.3 Å². The zero-order valence-electron chi connectivity index (χ0n) is 13.0. The molecule has 0 spiro atoms. The van der Waals surface area contributed by atoms with Crippen molar-refractivity contribution in [2.24, 2.45) is 17.8 Å². The lowest BCUT2D eigenvalue weighted by atomic mass is 9.86. The first-order valence-electron chi connectivity index (χ1n) is 8.04. The monoisotopic (exact) mass is 280 g/mol. The van der Waals surface area contributed by atoms with Gasteiger partial charge < -0.3 is 9.84 Å². The Labute approximate surface area is 122 Å². The average molecular weight is 280 g/mol. The van der Waals surface area contributed by atoms with Crippen molar-refractivity contribution in [3.05, 3.63) is 12.2 Å². The zero-order chi connectivity index (χ0) is 14.8. The van der Waals surface area contributed by atoms with Gasteiger partial charge in [0.2, 0.25) is 0 Å². The molecule has 0 aromatic carbocycles. The van der Waals surface area contributed by atoms with Gasteiger partial charge in [0.1, 0.15) is 6.10 Å². The maximum Gasteiger partial charge on any atom is 0.306 e. The molecule has 1 heterocycles. The Morgan fingerprint density at radius 3 is 2.90 bits per heavy atom.